The summed E-state index contributed by atoms with van der Waals surface area (Å²) in [4.78, 5) is 12.5. The number of hydrogen-bond donors (Lipinski definition) is 1. The standard InChI is InChI=1S/C24H31NO3/c1-16-9-11-22(13-17(16)2)27-15-18(3)25-24(26)19(4)28-23-12-10-20-7-5-6-8-21(20)14-23/h9-14,18-19H,5-8,15H2,1-4H3,(H,25,26)/t18-,19-/m1/s1. The van der Waals surface area contributed by atoms with Crippen molar-refractivity contribution in [1.29, 1.82) is 0 Å². The van der Waals surface area contributed by atoms with Gasteiger partial charge in [-0.15, -0.1) is 0 Å². The van der Waals surface area contributed by atoms with Crippen molar-refractivity contribution < 1.29 is 14.3 Å². The molecule has 4 heteroatoms. The number of carbonyl (C=O) groups excluding carboxylic acids is 1. The Hall–Kier alpha value is -2.49. The first kappa shape index (κ1) is 20.2. The molecule has 3 rings (SSSR count). The van der Waals surface area contributed by atoms with Gasteiger partial charge in [-0.1, -0.05) is 12.1 Å². The molecule has 28 heavy (non-hydrogen) atoms. The second-order valence-corrected chi connectivity index (χ2v) is 7.86. The molecule has 0 saturated heterocycles. The third-order valence-corrected chi connectivity index (χ3v) is 5.37. The van der Waals surface area contributed by atoms with Gasteiger partial charge in [0.15, 0.2) is 6.10 Å². The first-order valence-corrected chi connectivity index (χ1v) is 10.2. The summed E-state index contributed by atoms with van der Waals surface area (Å²) < 4.78 is 11.7. The molecule has 0 fully saturated rings. The molecule has 1 aliphatic rings. The maximum Gasteiger partial charge on any atom is 0.261 e. The molecule has 0 heterocycles. The maximum atomic E-state index is 12.5. The minimum Gasteiger partial charge on any atom is -0.491 e. The molecule has 0 aliphatic heterocycles. The van der Waals surface area contributed by atoms with Crippen LogP contribution in [-0.4, -0.2) is 24.7 Å². The Morgan fingerprint density at radius 1 is 0.964 bits per heavy atom. The molecule has 0 spiro atoms. The molecule has 2 aromatic rings. The molecule has 0 aromatic heterocycles. The Morgan fingerprint density at radius 3 is 2.43 bits per heavy atom. The summed E-state index contributed by atoms with van der Waals surface area (Å²) in [5.41, 5.74) is 5.20. The van der Waals surface area contributed by atoms with Gasteiger partial charge in [0, 0.05) is 0 Å². The fraction of sp³-hybridized carbons (Fsp3) is 0.458. The van der Waals surface area contributed by atoms with Crippen LogP contribution in [0.1, 0.15) is 48.9 Å². The van der Waals surface area contributed by atoms with Crippen LogP contribution >= 0.6 is 0 Å². The number of hydrogen-bond acceptors (Lipinski definition) is 3. The molecule has 1 amide bonds. The number of benzene rings is 2. The zero-order valence-electron chi connectivity index (χ0n) is 17.4. The van der Waals surface area contributed by atoms with Gasteiger partial charge in [0.05, 0.1) is 6.04 Å². The van der Waals surface area contributed by atoms with Crippen molar-refractivity contribution in [2.24, 2.45) is 0 Å². The zero-order chi connectivity index (χ0) is 20.1. The number of amides is 1. The number of nitrogens with one attached hydrogen (secondary N) is 1. The van der Waals surface area contributed by atoms with E-state index in [1.54, 1.807) is 6.92 Å². The highest BCUT2D eigenvalue weighted by Gasteiger charge is 2.18. The maximum absolute atomic E-state index is 12.5. The average molecular weight is 382 g/mol. The van der Waals surface area contributed by atoms with Crippen LogP contribution in [0.25, 0.3) is 0 Å². The van der Waals surface area contributed by atoms with Crippen LogP contribution in [-0.2, 0) is 17.6 Å². The highest BCUT2D eigenvalue weighted by Crippen LogP contribution is 2.26. The predicted molar refractivity (Wildman–Crippen MR) is 112 cm³/mol. The zero-order valence-corrected chi connectivity index (χ0v) is 17.4. The molecule has 0 radical (unpaired) electrons. The first-order chi connectivity index (χ1) is 13.4. The highest BCUT2D eigenvalue weighted by atomic mass is 16.5. The molecule has 1 aliphatic carbocycles. The number of ether oxygens (including phenoxy) is 2. The van der Waals surface area contributed by atoms with Crippen LogP contribution in [0.4, 0.5) is 0 Å². The molecule has 4 nitrogen and oxygen atoms in total. The Morgan fingerprint density at radius 2 is 1.68 bits per heavy atom. The predicted octanol–water partition coefficient (Wildman–Crippen LogP) is 4.53. The highest BCUT2D eigenvalue weighted by molar-refractivity contribution is 5.81. The molecule has 2 atom stereocenters. The second kappa shape index (κ2) is 9.13. The van der Waals surface area contributed by atoms with Gasteiger partial charge < -0.3 is 14.8 Å². The minimum absolute atomic E-state index is 0.108. The van der Waals surface area contributed by atoms with E-state index in [1.807, 2.05) is 31.2 Å². The van der Waals surface area contributed by atoms with E-state index in [-0.39, 0.29) is 11.9 Å². The molecule has 0 bridgehead atoms. The van der Waals surface area contributed by atoms with Gasteiger partial charge >= 0.3 is 0 Å². The summed E-state index contributed by atoms with van der Waals surface area (Å²) in [6.45, 7) is 8.27. The van der Waals surface area contributed by atoms with Gasteiger partial charge in [-0.05, 0) is 99.9 Å². The summed E-state index contributed by atoms with van der Waals surface area (Å²) in [5.74, 6) is 1.46. The summed E-state index contributed by atoms with van der Waals surface area (Å²) in [6, 6.07) is 12.1. The Labute approximate surface area is 168 Å². The van der Waals surface area contributed by atoms with Crippen LogP contribution in [0.5, 0.6) is 11.5 Å². The lowest BCUT2D eigenvalue weighted by Gasteiger charge is -2.21. The van der Waals surface area contributed by atoms with E-state index in [0.717, 1.165) is 24.3 Å². The van der Waals surface area contributed by atoms with Crippen LogP contribution < -0.4 is 14.8 Å². The largest absolute Gasteiger partial charge is 0.491 e. The van der Waals surface area contributed by atoms with E-state index >= 15 is 0 Å². The van der Waals surface area contributed by atoms with Crippen molar-refractivity contribution in [3.05, 3.63) is 58.7 Å². The molecule has 2 aromatic carbocycles. The lowest BCUT2D eigenvalue weighted by molar-refractivity contribution is -0.128. The van der Waals surface area contributed by atoms with Gasteiger partial charge in [0.25, 0.3) is 5.91 Å². The van der Waals surface area contributed by atoms with Gasteiger partial charge in [-0.2, -0.15) is 0 Å². The van der Waals surface area contributed by atoms with E-state index in [9.17, 15) is 4.79 Å². The molecular weight excluding hydrogens is 350 g/mol. The fourth-order valence-corrected chi connectivity index (χ4v) is 3.47. The monoisotopic (exact) mass is 381 g/mol. The van der Waals surface area contributed by atoms with Crippen LogP contribution in [0, 0.1) is 13.8 Å². The average Bonchev–Trinajstić information content (AvgIpc) is 2.68. The van der Waals surface area contributed by atoms with Crippen LogP contribution in [0.2, 0.25) is 0 Å². The lowest BCUT2D eigenvalue weighted by atomic mass is 9.92. The molecular formula is C24H31NO3. The van der Waals surface area contributed by atoms with E-state index in [0.29, 0.717) is 6.61 Å². The van der Waals surface area contributed by atoms with Gasteiger partial charge in [-0.3, -0.25) is 4.79 Å². The fourth-order valence-electron chi connectivity index (χ4n) is 3.47. The van der Waals surface area contributed by atoms with E-state index in [2.05, 4.69) is 31.3 Å². The quantitative estimate of drug-likeness (QED) is 0.766. The Bertz CT molecular complexity index is 831. The Kier molecular flexibility index (Phi) is 6.61. The number of fused-ring (bicyclic) bond motifs is 1. The molecule has 0 saturated carbocycles. The van der Waals surface area contributed by atoms with Crippen LogP contribution in [0.3, 0.4) is 0 Å². The number of aryl methyl sites for hydroxylation is 4. The molecule has 0 unspecified atom stereocenters. The third-order valence-electron chi connectivity index (χ3n) is 5.37. The van der Waals surface area contributed by atoms with Crippen LogP contribution in [0.15, 0.2) is 36.4 Å². The smallest absolute Gasteiger partial charge is 0.261 e. The topological polar surface area (TPSA) is 47.6 Å². The number of rotatable bonds is 7. The van der Waals surface area contributed by atoms with Crippen molar-refractivity contribution in [3.8, 4) is 11.5 Å². The van der Waals surface area contributed by atoms with Crippen molar-refractivity contribution in [1.82, 2.24) is 5.32 Å². The van der Waals surface area contributed by atoms with Crippen molar-refractivity contribution >= 4 is 5.91 Å². The summed E-state index contributed by atoms with van der Waals surface area (Å²) in [7, 11) is 0. The van der Waals surface area contributed by atoms with Crippen molar-refractivity contribution in [3.63, 3.8) is 0 Å². The van der Waals surface area contributed by atoms with Gasteiger partial charge in [0.2, 0.25) is 0 Å². The van der Waals surface area contributed by atoms with Crippen molar-refractivity contribution in [2.45, 2.75) is 65.5 Å². The summed E-state index contributed by atoms with van der Waals surface area (Å²) in [5, 5.41) is 2.97. The summed E-state index contributed by atoms with van der Waals surface area (Å²) >= 11 is 0. The first-order valence-electron chi connectivity index (χ1n) is 10.2. The molecule has 150 valence electrons. The van der Waals surface area contributed by atoms with E-state index in [1.165, 1.54) is 35.1 Å². The third kappa shape index (κ3) is 5.28. The number of carbonyl (C=O) groups is 1. The Balaban J connectivity index is 1.48. The normalized spacial score (nSPS) is 15.3. The lowest BCUT2D eigenvalue weighted by Crippen LogP contribution is -2.43. The van der Waals surface area contributed by atoms with Gasteiger partial charge in [-0.25, -0.2) is 0 Å². The van der Waals surface area contributed by atoms with E-state index < -0.39 is 6.10 Å². The minimum atomic E-state index is -0.550. The summed E-state index contributed by atoms with van der Waals surface area (Å²) in [6.07, 6.45) is 4.17. The SMILES string of the molecule is Cc1ccc(OC[C@@H](C)NC(=O)[C@@H](C)Oc2ccc3c(c2)CCCC3)cc1C. The molecule has 1 N–H and O–H groups in total. The van der Waals surface area contributed by atoms with Crippen molar-refractivity contribution in [2.75, 3.05) is 6.61 Å². The van der Waals surface area contributed by atoms with Gasteiger partial charge in [0.1, 0.15) is 18.1 Å². The second-order valence-electron chi connectivity index (χ2n) is 7.86. The van der Waals surface area contributed by atoms with E-state index in [4.69, 9.17) is 9.47 Å².